The minimum absolute atomic E-state index is 0.239. The number of nitrogens with zero attached hydrogens (tertiary/aromatic N) is 4. The smallest absolute Gasteiger partial charge is 0.224 e. The van der Waals surface area contributed by atoms with Crippen LogP contribution < -0.4 is 15.0 Å². The number of guanidine groups is 1. The zero-order valence-corrected chi connectivity index (χ0v) is 18.8. The Hall–Kier alpha value is -2.44. The molecule has 7 heteroatoms. The van der Waals surface area contributed by atoms with Gasteiger partial charge >= 0.3 is 0 Å². The number of para-hydroxylation sites is 2. The van der Waals surface area contributed by atoms with Gasteiger partial charge in [-0.3, -0.25) is 9.79 Å². The first-order chi connectivity index (χ1) is 14.6. The summed E-state index contributed by atoms with van der Waals surface area (Å²) < 4.78 is 5.52. The second-order valence-electron chi connectivity index (χ2n) is 8.06. The normalized spacial score (nSPS) is 20.3. The van der Waals surface area contributed by atoms with E-state index in [-0.39, 0.29) is 5.91 Å². The van der Waals surface area contributed by atoms with E-state index >= 15 is 0 Å². The largest absolute Gasteiger partial charge is 0.495 e. The van der Waals surface area contributed by atoms with Gasteiger partial charge in [-0.25, -0.2) is 0 Å². The Morgan fingerprint density at radius 3 is 2.63 bits per heavy atom. The van der Waals surface area contributed by atoms with Gasteiger partial charge in [0, 0.05) is 51.7 Å². The summed E-state index contributed by atoms with van der Waals surface area (Å²) in [6, 6.07) is 8.54. The number of hydrogen-bond acceptors (Lipinski definition) is 4. The van der Waals surface area contributed by atoms with Gasteiger partial charge in [0.05, 0.1) is 19.3 Å². The summed E-state index contributed by atoms with van der Waals surface area (Å²) in [5, 5.41) is 3.40. The van der Waals surface area contributed by atoms with Gasteiger partial charge in [-0.05, 0) is 45.2 Å². The number of piperazine rings is 1. The summed E-state index contributed by atoms with van der Waals surface area (Å²) in [5.74, 6) is 2.07. The maximum absolute atomic E-state index is 12.6. The third kappa shape index (κ3) is 5.58. The van der Waals surface area contributed by atoms with Gasteiger partial charge in [-0.2, -0.15) is 0 Å². The number of likely N-dealkylation sites (tertiary alicyclic amines) is 1. The lowest BCUT2D eigenvalue weighted by Gasteiger charge is -2.38. The molecule has 2 fully saturated rings. The highest BCUT2D eigenvalue weighted by Gasteiger charge is 2.24. The van der Waals surface area contributed by atoms with Gasteiger partial charge in [-0.15, -0.1) is 0 Å². The van der Waals surface area contributed by atoms with Crippen LogP contribution in [0.2, 0.25) is 0 Å². The molecular weight excluding hydrogens is 378 g/mol. The van der Waals surface area contributed by atoms with E-state index in [1.165, 1.54) is 6.42 Å². The number of rotatable bonds is 6. The van der Waals surface area contributed by atoms with Crippen LogP contribution in [0.25, 0.3) is 0 Å². The number of piperidine rings is 1. The molecule has 1 amide bonds. The lowest BCUT2D eigenvalue weighted by Crippen LogP contribution is -2.52. The summed E-state index contributed by atoms with van der Waals surface area (Å²) in [6.45, 7) is 10.1. The van der Waals surface area contributed by atoms with Crippen LogP contribution in [0.3, 0.4) is 0 Å². The van der Waals surface area contributed by atoms with Gasteiger partial charge < -0.3 is 24.8 Å². The van der Waals surface area contributed by atoms with E-state index in [4.69, 9.17) is 9.73 Å². The monoisotopic (exact) mass is 415 g/mol. The van der Waals surface area contributed by atoms with Crippen LogP contribution in [0, 0.1) is 0 Å². The molecule has 1 atom stereocenters. The fourth-order valence-electron chi connectivity index (χ4n) is 4.35. The number of benzene rings is 1. The zero-order chi connectivity index (χ0) is 21.3. The number of aliphatic imine (C=N–C) groups is 1. The minimum Gasteiger partial charge on any atom is -0.495 e. The first-order valence-corrected chi connectivity index (χ1v) is 11.3. The molecule has 0 bridgehead atoms. The van der Waals surface area contributed by atoms with Crippen molar-refractivity contribution in [3.63, 3.8) is 0 Å². The predicted molar refractivity (Wildman–Crippen MR) is 122 cm³/mol. The molecule has 166 valence electrons. The number of nitrogens with one attached hydrogen (secondary N) is 1. The number of carbonyl (C=O) groups excluding carboxylic acids is 1. The van der Waals surface area contributed by atoms with E-state index in [1.807, 2.05) is 17.0 Å². The molecule has 1 N–H and O–H groups in total. The number of anilines is 1. The molecule has 0 aromatic heterocycles. The van der Waals surface area contributed by atoms with Crippen molar-refractivity contribution in [2.75, 3.05) is 57.8 Å². The molecule has 1 aromatic carbocycles. The van der Waals surface area contributed by atoms with Gasteiger partial charge in [0.2, 0.25) is 5.91 Å². The SMILES string of the molecule is CCNC(=NCCC(=O)N1CCCCC1C)N1CCN(c2ccccc2OC)CC1. The van der Waals surface area contributed by atoms with E-state index < -0.39 is 0 Å². The van der Waals surface area contributed by atoms with Crippen molar-refractivity contribution >= 4 is 17.6 Å². The third-order valence-electron chi connectivity index (χ3n) is 6.05. The van der Waals surface area contributed by atoms with Crippen LogP contribution in [0.4, 0.5) is 5.69 Å². The van der Waals surface area contributed by atoms with Crippen molar-refractivity contribution in [2.45, 2.75) is 45.6 Å². The standard InChI is InChI=1S/C23H37N5O2/c1-4-24-23(25-13-12-22(29)28-14-8-7-9-19(28)2)27-17-15-26(16-18-27)20-10-5-6-11-21(20)30-3/h5-6,10-11,19H,4,7-9,12-18H2,1-3H3,(H,24,25). The third-order valence-corrected chi connectivity index (χ3v) is 6.05. The van der Waals surface area contributed by atoms with Gasteiger partial charge in [0.25, 0.3) is 0 Å². The molecule has 2 aliphatic heterocycles. The molecule has 0 radical (unpaired) electrons. The van der Waals surface area contributed by atoms with E-state index in [9.17, 15) is 4.79 Å². The van der Waals surface area contributed by atoms with Crippen LogP contribution in [-0.2, 0) is 4.79 Å². The maximum Gasteiger partial charge on any atom is 0.224 e. The topological polar surface area (TPSA) is 60.4 Å². The quantitative estimate of drug-likeness (QED) is 0.572. The van der Waals surface area contributed by atoms with Crippen LogP contribution in [-0.4, -0.2) is 80.6 Å². The first kappa shape index (κ1) is 22.2. The molecule has 0 spiro atoms. The van der Waals surface area contributed by atoms with Crippen LogP contribution in [0.5, 0.6) is 5.75 Å². The van der Waals surface area contributed by atoms with Crippen molar-refractivity contribution in [3.8, 4) is 5.75 Å². The number of amides is 1. The fourth-order valence-corrected chi connectivity index (χ4v) is 4.35. The Morgan fingerprint density at radius 2 is 1.93 bits per heavy atom. The molecule has 1 aromatic rings. The lowest BCUT2D eigenvalue weighted by atomic mass is 10.0. The van der Waals surface area contributed by atoms with Gasteiger partial charge in [0.1, 0.15) is 5.75 Å². The molecule has 2 heterocycles. The highest BCUT2D eigenvalue weighted by Crippen LogP contribution is 2.28. The van der Waals surface area contributed by atoms with Crippen LogP contribution in [0.15, 0.2) is 29.3 Å². The zero-order valence-electron chi connectivity index (χ0n) is 18.8. The number of carbonyl (C=O) groups is 1. The molecular formula is C23H37N5O2. The highest BCUT2D eigenvalue weighted by atomic mass is 16.5. The van der Waals surface area contributed by atoms with E-state index in [2.05, 4.69) is 41.1 Å². The Labute approximate surface area is 181 Å². The Balaban J connectivity index is 1.54. The first-order valence-electron chi connectivity index (χ1n) is 11.3. The molecule has 2 aliphatic rings. The summed E-state index contributed by atoms with van der Waals surface area (Å²) in [6.07, 6.45) is 3.96. The van der Waals surface area contributed by atoms with Gasteiger partial charge in [-0.1, -0.05) is 12.1 Å². The van der Waals surface area contributed by atoms with Crippen LogP contribution >= 0.6 is 0 Å². The lowest BCUT2D eigenvalue weighted by molar-refractivity contribution is -0.134. The molecule has 3 rings (SSSR count). The Bertz CT molecular complexity index is 715. The average molecular weight is 416 g/mol. The summed E-state index contributed by atoms with van der Waals surface area (Å²) in [7, 11) is 1.72. The summed E-state index contributed by atoms with van der Waals surface area (Å²) >= 11 is 0. The number of methoxy groups -OCH3 is 1. The van der Waals surface area contributed by atoms with Crippen molar-refractivity contribution in [1.29, 1.82) is 0 Å². The molecule has 2 saturated heterocycles. The van der Waals surface area contributed by atoms with E-state index in [1.54, 1.807) is 7.11 Å². The summed E-state index contributed by atoms with van der Waals surface area (Å²) in [4.78, 5) is 24.1. The van der Waals surface area contributed by atoms with Crippen molar-refractivity contribution in [2.24, 2.45) is 4.99 Å². The molecule has 0 saturated carbocycles. The van der Waals surface area contributed by atoms with Crippen LogP contribution in [0.1, 0.15) is 39.5 Å². The van der Waals surface area contributed by atoms with Crippen molar-refractivity contribution < 1.29 is 9.53 Å². The molecule has 0 aliphatic carbocycles. The van der Waals surface area contributed by atoms with Crippen molar-refractivity contribution in [1.82, 2.24) is 15.1 Å². The highest BCUT2D eigenvalue weighted by molar-refractivity contribution is 5.81. The van der Waals surface area contributed by atoms with Gasteiger partial charge in [0.15, 0.2) is 5.96 Å². The molecule has 30 heavy (non-hydrogen) atoms. The molecule has 1 unspecified atom stereocenters. The van der Waals surface area contributed by atoms with Crippen molar-refractivity contribution in [3.05, 3.63) is 24.3 Å². The second-order valence-corrected chi connectivity index (χ2v) is 8.06. The number of hydrogen-bond donors (Lipinski definition) is 1. The average Bonchev–Trinajstić information content (AvgIpc) is 2.79. The van der Waals surface area contributed by atoms with E-state index in [0.717, 1.165) is 69.5 Å². The minimum atomic E-state index is 0.239. The predicted octanol–water partition coefficient (Wildman–Crippen LogP) is 2.57. The molecule has 7 nitrogen and oxygen atoms in total. The Kier molecular flexibility index (Phi) is 8.22. The summed E-state index contributed by atoms with van der Waals surface area (Å²) in [5.41, 5.74) is 1.14. The Morgan fingerprint density at radius 1 is 1.17 bits per heavy atom. The maximum atomic E-state index is 12.6. The number of ether oxygens (including phenoxy) is 1. The fraction of sp³-hybridized carbons (Fsp3) is 0.652. The second kappa shape index (κ2) is 11.1. The van der Waals surface area contributed by atoms with E-state index in [0.29, 0.717) is 19.0 Å².